The topological polar surface area (TPSA) is 26.2 Å². The number of para-hydroxylation sites is 1. The summed E-state index contributed by atoms with van der Waals surface area (Å²) in [6, 6.07) is 9.13. The molecule has 3 rings (SSSR count). The lowest BCUT2D eigenvalue weighted by atomic mass is 10.1. The lowest BCUT2D eigenvalue weighted by molar-refractivity contribution is 0.0779. The van der Waals surface area contributed by atoms with Gasteiger partial charge in [0.1, 0.15) is 0 Å². The number of rotatable bonds is 4. The molecule has 2 heterocycles. The van der Waals surface area contributed by atoms with Crippen molar-refractivity contribution in [2.45, 2.75) is 25.4 Å². The van der Waals surface area contributed by atoms with Gasteiger partial charge < -0.3 is 14.6 Å². The van der Waals surface area contributed by atoms with E-state index in [4.69, 9.17) is 4.74 Å². The van der Waals surface area contributed by atoms with Crippen molar-refractivity contribution < 1.29 is 4.74 Å². The van der Waals surface area contributed by atoms with E-state index in [1.807, 2.05) is 0 Å². The Balaban J connectivity index is 1.62. The summed E-state index contributed by atoms with van der Waals surface area (Å²) in [5.74, 6) is 0. The van der Waals surface area contributed by atoms with Gasteiger partial charge >= 0.3 is 0 Å². The summed E-state index contributed by atoms with van der Waals surface area (Å²) in [6.07, 6.45) is 4.45. The molecule has 4 heteroatoms. The van der Waals surface area contributed by atoms with Crippen molar-refractivity contribution in [3.8, 4) is 0 Å². The highest BCUT2D eigenvalue weighted by molar-refractivity contribution is 9.10. The molecule has 1 aliphatic rings. The Morgan fingerprint density at radius 1 is 1.26 bits per heavy atom. The standard InChI is InChI=1S/C15H19BrN2O/c16-14-11-18(15-4-2-1-3-13(14)15)8-7-17-12-5-9-19-10-6-12/h1-4,11-12,17H,5-10H2. The van der Waals surface area contributed by atoms with E-state index in [9.17, 15) is 0 Å². The molecule has 0 atom stereocenters. The summed E-state index contributed by atoms with van der Waals surface area (Å²) < 4.78 is 8.86. The van der Waals surface area contributed by atoms with Gasteiger partial charge in [0.05, 0.1) is 0 Å². The van der Waals surface area contributed by atoms with Gasteiger partial charge in [0.2, 0.25) is 0 Å². The number of benzene rings is 1. The van der Waals surface area contributed by atoms with E-state index in [1.165, 1.54) is 15.4 Å². The first-order chi connectivity index (χ1) is 9.34. The summed E-state index contributed by atoms with van der Waals surface area (Å²) in [6.45, 7) is 3.81. The van der Waals surface area contributed by atoms with Crippen molar-refractivity contribution in [3.63, 3.8) is 0 Å². The Morgan fingerprint density at radius 2 is 2.05 bits per heavy atom. The first kappa shape index (κ1) is 13.2. The number of hydrogen-bond donors (Lipinski definition) is 1. The zero-order chi connectivity index (χ0) is 13.1. The van der Waals surface area contributed by atoms with Crippen LogP contribution in [0.3, 0.4) is 0 Å². The minimum atomic E-state index is 0.624. The van der Waals surface area contributed by atoms with Gasteiger partial charge in [-0.15, -0.1) is 0 Å². The van der Waals surface area contributed by atoms with Crippen LogP contribution in [-0.4, -0.2) is 30.4 Å². The number of nitrogens with one attached hydrogen (secondary N) is 1. The number of ether oxygens (including phenoxy) is 1. The van der Waals surface area contributed by atoms with Crippen LogP contribution < -0.4 is 5.32 Å². The molecular formula is C15H19BrN2O. The third kappa shape index (κ3) is 3.02. The van der Waals surface area contributed by atoms with Gasteiger partial charge in [0, 0.05) is 53.9 Å². The van der Waals surface area contributed by atoms with Crippen LogP contribution in [-0.2, 0) is 11.3 Å². The third-order valence-corrected chi connectivity index (χ3v) is 4.38. The van der Waals surface area contributed by atoms with Gasteiger partial charge in [-0.3, -0.25) is 0 Å². The maximum Gasteiger partial charge on any atom is 0.0492 e. The number of halogens is 1. The molecule has 1 saturated heterocycles. The quantitative estimate of drug-likeness (QED) is 0.935. The number of nitrogens with zero attached hydrogens (tertiary/aromatic N) is 1. The number of aromatic nitrogens is 1. The van der Waals surface area contributed by atoms with E-state index in [-0.39, 0.29) is 0 Å². The fourth-order valence-electron chi connectivity index (χ4n) is 2.68. The summed E-state index contributed by atoms with van der Waals surface area (Å²) in [5.41, 5.74) is 1.29. The van der Waals surface area contributed by atoms with Gasteiger partial charge in [-0.05, 0) is 34.8 Å². The minimum Gasteiger partial charge on any atom is -0.381 e. The van der Waals surface area contributed by atoms with Crippen LogP contribution in [0.25, 0.3) is 10.9 Å². The molecule has 1 aliphatic heterocycles. The van der Waals surface area contributed by atoms with Crippen LogP contribution in [0.1, 0.15) is 12.8 Å². The molecule has 1 aromatic heterocycles. The second-order valence-electron chi connectivity index (χ2n) is 5.03. The number of fused-ring (bicyclic) bond motifs is 1. The maximum atomic E-state index is 5.37. The summed E-state index contributed by atoms with van der Waals surface area (Å²) in [5, 5.41) is 4.91. The highest BCUT2D eigenvalue weighted by Gasteiger charge is 2.12. The van der Waals surface area contributed by atoms with E-state index in [1.54, 1.807) is 0 Å². The molecule has 0 amide bonds. The molecule has 1 aromatic carbocycles. The molecule has 1 N–H and O–H groups in total. The van der Waals surface area contributed by atoms with Crippen molar-refractivity contribution in [2.75, 3.05) is 19.8 Å². The van der Waals surface area contributed by atoms with Crippen molar-refractivity contribution >= 4 is 26.8 Å². The van der Waals surface area contributed by atoms with E-state index < -0.39 is 0 Å². The number of hydrogen-bond acceptors (Lipinski definition) is 2. The smallest absolute Gasteiger partial charge is 0.0492 e. The van der Waals surface area contributed by atoms with Gasteiger partial charge in [-0.1, -0.05) is 18.2 Å². The SMILES string of the molecule is Brc1cn(CCNC2CCOCC2)c2ccccc12. The first-order valence-electron chi connectivity index (χ1n) is 6.89. The molecule has 0 unspecified atom stereocenters. The maximum absolute atomic E-state index is 5.37. The normalized spacial score (nSPS) is 17.1. The Hall–Kier alpha value is -0.840. The summed E-state index contributed by atoms with van der Waals surface area (Å²) in [7, 11) is 0. The Labute approximate surface area is 122 Å². The molecule has 0 aliphatic carbocycles. The molecule has 0 spiro atoms. The van der Waals surface area contributed by atoms with Gasteiger partial charge in [-0.25, -0.2) is 0 Å². The summed E-state index contributed by atoms with van der Waals surface area (Å²) in [4.78, 5) is 0. The van der Waals surface area contributed by atoms with Gasteiger partial charge in [0.25, 0.3) is 0 Å². The largest absolute Gasteiger partial charge is 0.381 e. The van der Waals surface area contributed by atoms with Gasteiger partial charge in [0.15, 0.2) is 0 Å². The second kappa shape index (κ2) is 6.07. The molecule has 2 aromatic rings. The van der Waals surface area contributed by atoms with Crippen LogP contribution >= 0.6 is 15.9 Å². The fourth-order valence-corrected chi connectivity index (χ4v) is 3.26. The van der Waals surface area contributed by atoms with Crippen LogP contribution in [0.15, 0.2) is 34.9 Å². The Kier molecular flexibility index (Phi) is 4.21. The molecule has 1 fully saturated rings. The minimum absolute atomic E-state index is 0.624. The van der Waals surface area contributed by atoms with Crippen LogP contribution in [0.2, 0.25) is 0 Å². The molecule has 0 saturated carbocycles. The molecular weight excluding hydrogens is 304 g/mol. The zero-order valence-corrected chi connectivity index (χ0v) is 12.5. The van der Waals surface area contributed by atoms with E-state index in [2.05, 4.69) is 56.3 Å². The predicted molar refractivity (Wildman–Crippen MR) is 81.5 cm³/mol. The highest BCUT2D eigenvalue weighted by atomic mass is 79.9. The summed E-state index contributed by atoms with van der Waals surface area (Å²) >= 11 is 3.63. The molecule has 102 valence electrons. The monoisotopic (exact) mass is 322 g/mol. The predicted octanol–water partition coefficient (Wildman–Crippen LogP) is 3.17. The lowest BCUT2D eigenvalue weighted by Crippen LogP contribution is -2.36. The highest BCUT2D eigenvalue weighted by Crippen LogP contribution is 2.25. The van der Waals surface area contributed by atoms with E-state index in [0.29, 0.717) is 6.04 Å². The first-order valence-corrected chi connectivity index (χ1v) is 7.68. The van der Waals surface area contributed by atoms with Crippen LogP contribution in [0.5, 0.6) is 0 Å². The average Bonchev–Trinajstić information content (AvgIpc) is 2.78. The van der Waals surface area contributed by atoms with Crippen molar-refractivity contribution in [1.82, 2.24) is 9.88 Å². The lowest BCUT2D eigenvalue weighted by Gasteiger charge is -2.23. The van der Waals surface area contributed by atoms with E-state index >= 15 is 0 Å². The average molecular weight is 323 g/mol. The van der Waals surface area contributed by atoms with Crippen molar-refractivity contribution in [2.24, 2.45) is 0 Å². The van der Waals surface area contributed by atoms with Gasteiger partial charge in [-0.2, -0.15) is 0 Å². The Bertz CT molecular complexity index is 546. The van der Waals surface area contributed by atoms with Crippen LogP contribution in [0, 0.1) is 0 Å². The van der Waals surface area contributed by atoms with Crippen molar-refractivity contribution in [1.29, 1.82) is 0 Å². The third-order valence-electron chi connectivity index (χ3n) is 3.75. The molecule has 0 radical (unpaired) electrons. The van der Waals surface area contributed by atoms with Crippen molar-refractivity contribution in [3.05, 3.63) is 34.9 Å². The second-order valence-corrected chi connectivity index (χ2v) is 5.88. The molecule has 3 nitrogen and oxygen atoms in total. The zero-order valence-electron chi connectivity index (χ0n) is 10.9. The van der Waals surface area contributed by atoms with Crippen LogP contribution in [0.4, 0.5) is 0 Å². The fraction of sp³-hybridized carbons (Fsp3) is 0.467. The molecule has 0 bridgehead atoms. The Morgan fingerprint density at radius 3 is 2.89 bits per heavy atom. The van der Waals surface area contributed by atoms with E-state index in [0.717, 1.165) is 39.1 Å². The molecule has 19 heavy (non-hydrogen) atoms.